The van der Waals surface area contributed by atoms with Gasteiger partial charge in [0.2, 0.25) is 17.6 Å². The smallest absolute Gasteiger partial charge is 0.308 e. The molecule has 0 radical (unpaired) electrons. The Balaban J connectivity index is 1.54. The van der Waals surface area contributed by atoms with Gasteiger partial charge in [0, 0.05) is 32.1 Å². The second kappa shape index (κ2) is 6.55. The summed E-state index contributed by atoms with van der Waals surface area (Å²) in [5.74, 6) is -0.644. The predicted octanol–water partition coefficient (Wildman–Crippen LogP) is 0.997. The maximum Gasteiger partial charge on any atom is 0.308 e. The lowest BCUT2D eigenvalue weighted by atomic mass is 10.1. The van der Waals surface area contributed by atoms with Crippen LogP contribution >= 0.6 is 0 Å². The quantitative estimate of drug-likeness (QED) is 0.876. The van der Waals surface area contributed by atoms with Gasteiger partial charge in [-0.2, -0.15) is 4.98 Å². The number of aliphatic carboxylic acids is 1. The number of carbonyl (C=O) groups excluding carboxylic acids is 1. The second-order valence-corrected chi connectivity index (χ2v) is 5.39. The maximum atomic E-state index is 12.1. The Hall–Kier alpha value is -2.77. The van der Waals surface area contributed by atoms with Crippen molar-refractivity contribution in [3.05, 3.63) is 30.3 Å². The molecule has 3 rings (SSSR count). The van der Waals surface area contributed by atoms with Crippen LogP contribution in [0.25, 0.3) is 11.5 Å². The Labute approximate surface area is 132 Å². The summed E-state index contributed by atoms with van der Waals surface area (Å²) in [7, 11) is 0. The van der Waals surface area contributed by atoms with Crippen LogP contribution in [0.1, 0.15) is 18.7 Å². The van der Waals surface area contributed by atoms with Crippen LogP contribution in [-0.2, 0) is 16.0 Å². The van der Waals surface area contributed by atoms with Crippen molar-refractivity contribution in [1.82, 2.24) is 20.0 Å². The molecule has 1 N–H and O–H groups in total. The zero-order valence-electron chi connectivity index (χ0n) is 12.4. The summed E-state index contributed by atoms with van der Waals surface area (Å²) in [6.45, 7) is 0.760. The van der Waals surface area contributed by atoms with Gasteiger partial charge < -0.3 is 14.5 Å². The number of nitrogens with zero attached hydrogens (tertiary/aromatic N) is 4. The van der Waals surface area contributed by atoms with Crippen molar-refractivity contribution in [3.63, 3.8) is 0 Å². The lowest BCUT2D eigenvalue weighted by Gasteiger charge is -2.14. The van der Waals surface area contributed by atoms with Gasteiger partial charge >= 0.3 is 5.97 Å². The third-order valence-electron chi connectivity index (χ3n) is 3.81. The molecule has 0 saturated carbocycles. The van der Waals surface area contributed by atoms with Crippen LogP contribution in [0.2, 0.25) is 0 Å². The number of rotatable bonds is 5. The third kappa shape index (κ3) is 3.53. The van der Waals surface area contributed by atoms with Gasteiger partial charge in [0.05, 0.1) is 5.92 Å². The zero-order valence-corrected chi connectivity index (χ0v) is 12.4. The van der Waals surface area contributed by atoms with Gasteiger partial charge in [0.25, 0.3) is 0 Å². The molecular formula is C15H16N4O4. The molecule has 0 bridgehead atoms. The van der Waals surface area contributed by atoms with E-state index < -0.39 is 11.9 Å². The molecule has 2 aromatic rings. The molecule has 1 fully saturated rings. The summed E-state index contributed by atoms with van der Waals surface area (Å²) in [5, 5.41) is 12.8. The van der Waals surface area contributed by atoms with Crippen LogP contribution in [0.4, 0.5) is 0 Å². The third-order valence-corrected chi connectivity index (χ3v) is 3.81. The number of aromatic nitrogens is 3. The Morgan fingerprint density at radius 3 is 2.96 bits per heavy atom. The molecular weight excluding hydrogens is 300 g/mol. The Morgan fingerprint density at radius 2 is 2.26 bits per heavy atom. The monoisotopic (exact) mass is 316 g/mol. The molecule has 3 heterocycles. The lowest BCUT2D eigenvalue weighted by Crippen LogP contribution is -2.30. The van der Waals surface area contributed by atoms with Gasteiger partial charge in [0.15, 0.2) is 0 Å². The Morgan fingerprint density at radius 1 is 1.39 bits per heavy atom. The molecule has 0 aliphatic carbocycles. The molecule has 1 saturated heterocycles. The van der Waals surface area contributed by atoms with Crippen LogP contribution < -0.4 is 0 Å². The first kappa shape index (κ1) is 15.1. The van der Waals surface area contributed by atoms with Gasteiger partial charge in [-0.05, 0) is 18.6 Å². The van der Waals surface area contributed by atoms with Crippen molar-refractivity contribution in [3.8, 4) is 11.5 Å². The summed E-state index contributed by atoms with van der Waals surface area (Å²) >= 11 is 0. The highest BCUT2D eigenvalue weighted by molar-refractivity contribution is 5.78. The summed E-state index contributed by atoms with van der Waals surface area (Å²) in [5.41, 5.74) is 0.609. The number of hydrogen-bond donors (Lipinski definition) is 1. The number of carboxylic acids is 1. The number of carboxylic acid groups (broad SMARTS) is 1. The first-order valence-corrected chi connectivity index (χ1v) is 7.38. The Kier molecular flexibility index (Phi) is 4.31. The molecule has 8 heteroatoms. The van der Waals surface area contributed by atoms with Gasteiger partial charge in [-0.1, -0.05) is 11.2 Å². The first-order chi connectivity index (χ1) is 11.1. The van der Waals surface area contributed by atoms with Crippen molar-refractivity contribution in [1.29, 1.82) is 0 Å². The van der Waals surface area contributed by atoms with Gasteiger partial charge in [-0.3, -0.25) is 14.6 Å². The second-order valence-electron chi connectivity index (χ2n) is 5.39. The topological polar surface area (TPSA) is 109 Å². The number of hydrogen-bond acceptors (Lipinski definition) is 6. The van der Waals surface area contributed by atoms with Gasteiger partial charge in [-0.15, -0.1) is 0 Å². The summed E-state index contributed by atoms with van der Waals surface area (Å²) < 4.78 is 5.13. The molecule has 120 valence electrons. The van der Waals surface area contributed by atoms with E-state index in [1.54, 1.807) is 23.2 Å². The van der Waals surface area contributed by atoms with Gasteiger partial charge in [-0.25, -0.2) is 0 Å². The van der Waals surface area contributed by atoms with E-state index in [4.69, 9.17) is 9.63 Å². The molecule has 23 heavy (non-hydrogen) atoms. The maximum absolute atomic E-state index is 12.1. The Bertz CT molecular complexity index is 701. The minimum atomic E-state index is -0.850. The van der Waals surface area contributed by atoms with Crippen molar-refractivity contribution in [2.75, 3.05) is 13.1 Å². The molecule has 0 spiro atoms. The van der Waals surface area contributed by atoms with Crippen molar-refractivity contribution in [2.24, 2.45) is 5.92 Å². The number of carbonyl (C=O) groups is 2. The first-order valence-electron chi connectivity index (χ1n) is 7.38. The van der Waals surface area contributed by atoms with Crippen molar-refractivity contribution in [2.45, 2.75) is 19.3 Å². The number of likely N-dealkylation sites (tertiary alicyclic amines) is 1. The SMILES string of the molecule is O=C(O)C1CCN(C(=O)CCc2nc(-c3ccccn3)no2)C1. The largest absolute Gasteiger partial charge is 0.481 e. The average molecular weight is 316 g/mol. The molecule has 8 nitrogen and oxygen atoms in total. The summed E-state index contributed by atoms with van der Waals surface area (Å²) in [6, 6.07) is 5.40. The van der Waals surface area contributed by atoms with E-state index in [0.717, 1.165) is 0 Å². The summed E-state index contributed by atoms with van der Waals surface area (Å²) in [4.78, 5) is 32.9. The fraction of sp³-hybridized carbons (Fsp3) is 0.400. The molecule has 1 amide bonds. The van der Waals surface area contributed by atoms with Crippen molar-refractivity contribution >= 4 is 11.9 Å². The zero-order chi connectivity index (χ0) is 16.2. The molecule has 1 aliphatic heterocycles. The highest BCUT2D eigenvalue weighted by Crippen LogP contribution is 2.18. The van der Waals surface area contributed by atoms with E-state index in [1.165, 1.54) is 0 Å². The fourth-order valence-electron chi connectivity index (χ4n) is 2.52. The normalized spacial score (nSPS) is 17.4. The van der Waals surface area contributed by atoms with Crippen LogP contribution in [0.15, 0.2) is 28.9 Å². The van der Waals surface area contributed by atoms with Gasteiger partial charge in [0.1, 0.15) is 5.69 Å². The van der Waals surface area contributed by atoms with Crippen molar-refractivity contribution < 1.29 is 19.2 Å². The highest BCUT2D eigenvalue weighted by Gasteiger charge is 2.30. The minimum Gasteiger partial charge on any atom is -0.481 e. The van der Waals surface area contributed by atoms with E-state index in [-0.39, 0.29) is 18.9 Å². The number of aryl methyl sites for hydroxylation is 1. The van der Waals surface area contributed by atoms with Crippen LogP contribution in [0.5, 0.6) is 0 Å². The lowest BCUT2D eigenvalue weighted by molar-refractivity contribution is -0.141. The highest BCUT2D eigenvalue weighted by atomic mass is 16.5. The van der Waals surface area contributed by atoms with E-state index in [9.17, 15) is 9.59 Å². The standard InChI is InChI=1S/C15H16N4O4/c20-13(19-8-6-10(9-19)15(21)22)5-4-12-17-14(18-23-12)11-3-1-2-7-16-11/h1-3,7,10H,4-6,8-9H2,(H,21,22). The molecule has 0 aromatic carbocycles. The average Bonchev–Trinajstić information content (AvgIpc) is 3.23. The van der Waals surface area contributed by atoms with E-state index in [1.807, 2.05) is 6.07 Å². The van der Waals surface area contributed by atoms with Crippen LogP contribution in [-0.4, -0.2) is 50.1 Å². The van der Waals surface area contributed by atoms with E-state index >= 15 is 0 Å². The van der Waals surface area contributed by atoms with Crippen LogP contribution in [0, 0.1) is 5.92 Å². The fourth-order valence-corrected chi connectivity index (χ4v) is 2.52. The van der Waals surface area contributed by atoms with Crippen LogP contribution in [0.3, 0.4) is 0 Å². The van der Waals surface area contributed by atoms with E-state index in [0.29, 0.717) is 36.8 Å². The molecule has 1 aliphatic rings. The number of pyridine rings is 1. The minimum absolute atomic E-state index is 0.0914. The van der Waals surface area contributed by atoms with E-state index in [2.05, 4.69) is 15.1 Å². The predicted molar refractivity (Wildman–Crippen MR) is 78.2 cm³/mol. The molecule has 1 atom stereocenters. The molecule has 1 unspecified atom stereocenters. The molecule has 2 aromatic heterocycles. The number of amides is 1. The summed E-state index contributed by atoms with van der Waals surface area (Å²) in [6.07, 6.45) is 2.69.